The van der Waals surface area contributed by atoms with Crippen molar-refractivity contribution in [3.05, 3.63) is 12.3 Å². The zero-order chi connectivity index (χ0) is 16.0. The number of ether oxygens (including phenoxy) is 1. The van der Waals surface area contributed by atoms with E-state index in [-0.39, 0.29) is 12.0 Å². The van der Waals surface area contributed by atoms with E-state index in [0.29, 0.717) is 5.76 Å². The van der Waals surface area contributed by atoms with Crippen molar-refractivity contribution in [2.24, 2.45) is 4.99 Å². The Morgan fingerprint density at radius 2 is 1.90 bits per heavy atom. The molecule has 0 aliphatic heterocycles. The number of rotatable bonds is 7. The predicted octanol–water partition coefficient (Wildman–Crippen LogP) is 4.04. The van der Waals surface area contributed by atoms with E-state index < -0.39 is 12.7 Å². The van der Waals surface area contributed by atoms with Crippen molar-refractivity contribution in [2.75, 3.05) is 12.8 Å². The lowest BCUT2D eigenvalue weighted by Crippen LogP contribution is -2.32. The summed E-state index contributed by atoms with van der Waals surface area (Å²) >= 11 is 0. The van der Waals surface area contributed by atoms with Crippen molar-refractivity contribution in [1.29, 1.82) is 5.26 Å². The number of hydrogen-bond donors (Lipinski definition) is 0. The van der Waals surface area contributed by atoms with Crippen LogP contribution in [0.25, 0.3) is 0 Å². The number of nitrogens with zero attached hydrogens (tertiary/aromatic N) is 2. The standard InChI is InChI=1S/C15H26N2OP2/c1-12(18-14(2,3)4)15(5,9-10-16)17-13(11-19-6)20(7)8/h19H,1,7-9,11H2,2-6H3. The molecule has 5 heteroatoms. The summed E-state index contributed by atoms with van der Waals surface area (Å²) in [6.45, 7) is 13.9. The molecule has 0 bridgehead atoms. The Morgan fingerprint density at radius 3 is 2.25 bits per heavy atom. The lowest BCUT2D eigenvalue weighted by atomic mass is 9.97. The summed E-state index contributed by atoms with van der Waals surface area (Å²) < 4.78 is 5.83. The maximum absolute atomic E-state index is 9.09. The van der Waals surface area contributed by atoms with E-state index in [0.717, 1.165) is 20.2 Å². The minimum atomic E-state index is -0.752. The van der Waals surface area contributed by atoms with Gasteiger partial charge in [0.25, 0.3) is 0 Å². The summed E-state index contributed by atoms with van der Waals surface area (Å²) in [4.78, 5) is 4.75. The van der Waals surface area contributed by atoms with Crippen LogP contribution in [0, 0.1) is 11.3 Å². The van der Waals surface area contributed by atoms with Crippen LogP contribution in [0.1, 0.15) is 34.1 Å². The molecule has 0 aliphatic rings. The van der Waals surface area contributed by atoms with Crippen LogP contribution >= 0.6 is 15.7 Å². The van der Waals surface area contributed by atoms with Crippen molar-refractivity contribution >= 4 is 33.8 Å². The Hall–Kier alpha value is -0.830. The summed E-state index contributed by atoms with van der Waals surface area (Å²) in [7, 11) is 0.00233. The highest BCUT2D eigenvalue weighted by Crippen LogP contribution is 2.31. The van der Waals surface area contributed by atoms with Crippen molar-refractivity contribution in [2.45, 2.75) is 45.3 Å². The summed E-state index contributed by atoms with van der Waals surface area (Å²) in [5, 5.41) is 9.09. The van der Waals surface area contributed by atoms with E-state index in [2.05, 4.69) is 31.9 Å². The molecule has 0 aromatic rings. The van der Waals surface area contributed by atoms with Gasteiger partial charge in [0.15, 0.2) is 0 Å². The smallest absolute Gasteiger partial charge is 0.128 e. The van der Waals surface area contributed by atoms with Gasteiger partial charge >= 0.3 is 0 Å². The first kappa shape index (κ1) is 19.2. The van der Waals surface area contributed by atoms with E-state index in [1.165, 1.54) is 0 Å². The molecule has 112 valence electrons. The number of aliphatic imine (C=N–C) groups is 1. The molecule has 0 amide bonds. The highest BCUT2D eigenvalue weighted by Gasteiger charge is 2.31. The predicted molar refractivity (Wildman–Crippen MR) is 96.3 cm³/mol. The van der Waals surface area contributed by atoms with Gasteiger partial charge in [-0.05, 0) is 34.4 Å². The van der Waals surface area contributed by atoms with Gasteiger partial charge in [-0.1, -0.05) is 26.3 Å². The molecule has 0 aromatic heterocycles. The maximum atomic E-state index is 9.09. The first-order chi connectivity index (χ1) is 9.05. The molecule has 20 heavy (non-hydrogen) atoms. The van der Waals surface area contributed by atoms with Gasteiger partial charge in [-0.15, -0.1) is 8.58 Å². The zero-order valence-corrected chi connectivity index (χ0v) is 15.2. The van der Waals surface area contributed by atoms with Gasteiger partial charge in [-0.3, -0.25) is 4.99 Å². The van der Waals surface area contributed by atoms with E-state index >= 15 is 0 Å². The van der Waals surface area contributed by atoms with Crippen LogP contribution in [0.15, 0.2) is 17.3 Å². The Bertz CT molecular complexity index is 485. The van der Waals surface area contributed by atoms with Gasteiger partial charge in [0, 0.05) is 6.16 Å². The van der Waals surface area contributed by atoms with Gasteiger partial charge in [-0.25, -0.2) is 0 Å². The number of nitriles is 1. The number of hydrogen-bond acceptors (Lipinski definition) is 3. The van der Waals surface area contributed by atoms with E-state index in [4.69, 9.17) is 15.0 Å². The van der Waals surface area contributed by atoms with Crippen LogP contribution in [0.5, 0.6) is 0 Å². The zero-order valence-electron chi connectivity index (χ0n) is 13.3. The summed E-state index contributed by atoms with van der Waals surface area (Å²) in [5.41, 5.74) is -0.0972. The molecule has 0 aliphatic carbocycles. The summed E-state index contributed by atoms with van der Waals surface area (Å²) in [6.07, 6.45) is 9.13. The highest BCUT2D eigenvalue weighted by molar-refractivity contribution is 7.72. The van der Waals surface area contributed by atoms with Gasteiger partial charge in [-0.2, -0.15) is 5.26 Å². The second-order valence-corrected chi connectivity index (χ2v) is 8.50. The Kier molecular flexibility index (Phi) is 7.50. The minimum absolute atomic E-state index is 0.238. The molecule has 3 nitrogen and oxygen atoms in total. The first-order valence-electron chi connectivity index (χ1n) is 6.45. The minimum Gasteiger partial charge on any atom is -0.491 e. The van der Waals surface area contributed by atoms with Gasteiger partial charge in [0.1, 0.15) is 16.9 Å². The second-order valence-electron chi connectivity index (χ2n) is 5.84. The van der Waals surface area contributed by atoms with Crippen LogP contribution in [0.3, 0.4) is 0 Å². The van der Waals surface area contributed by atoms with Gasteiger partial charge in [0.05, 0.1) is 17.9 Å². The molecule has 0 saturated heterocycles. The molecule has 2 unspecified atom stereocenters. The quantitative estimate of drug-likeness (QED) is 0.404. The van der Waals surface area contributed by atoms with Gasteiger partial charge in [0.2, 0.25) is 0 Å². The molecule has 0 fully saturated rings. The summed E-state index contributed by atoms with van der Waals surface area (Å²) in [6, 6.07) is 2.18. The van der Waals surface area contributed by atoms with Crippen LogP contribution in [0.2, 0.25) is 0 Å². The molecule has 0 spiro atoms. The van der Waals surface area contributed by atoms with E-state index in [9.17, 15) is 0 Å². The first-order valence-corrected chi connectivity index (χ1v) is 9.87. The molecule has 0 saturated carbocycles. The third-order valence-electron chi connectivity index (χ3n) is 2.53. The third-order valence-corrected chi connectivity index (χ3v) is 4.50. The molecule has 0 N–H and O–H groups in total. The largest absolute Gasteiger partial charge is 0.491 e. The summed E-state index contributed by atoms with van der Waals surface area (Å²) in [5.74, 6) is 0.528. The molecule has 0 radical (unpaired) electrons. The van der Waals surface area contributed by atoms with Crippen LogP contribution in [-0.2, 0) is 4.74 Å². The van der Waals surface area contributed by atoms with Crippen molar-refractivity contribution in [3.63, 3.8) is 0 Å². The highest BCUT2D eigenvalue weighted by atomic mass is 31.1. The lowest BCUT2D eigenvalue weighted by Gasteiger charge is -2.32. The molecule has 2 atom stereocenters. The van der Waals surface area contributed by atoms with Crippen molar-refractivity contribution in [1.82, 2.24) is 0 Å². The maximum Gasteiger partial charge on any atom is 0.128 e. The molecular weight excluding hydrogens is 286 g/mol. The third kappa shape index (κ3) is 6.56. The SMILES string of the molecule is C=C(OC(C)(C)C)C(C)(CC#N)N=C(CPC)P(=C)=C. The van der Waals surface area contributed by atoms with Gasteiger partial charge < -0.3 is 4.74 Å². The average Bonchev–Trinajstić information content (AvgIpc) is 2.26. The van der Waals surface area contributed by atoms with E-state index in [1.807, 2.05) is 27.7 Å². The van der Waals surface area contributed by atoms with Crippen LogP contribution < -0.4 is 0 Å². The fourth-order valence-corrected chi connectivity index (χ4v) is 3.63. The molecule has 0 heterocycles. The molecular formula is C15H26N2OP2. The fourth-order valence-electron chi connectivity index (χ4n) is 1.50. The Balaban J connectivity index is 5.54. The van der Waals surface area contributed by atoms with E-state index in [1.54, 1.807) is 0 Å². The van der Waals surface area contributed by atoms with Crippen LogP contribution in [0.4, 0.5) is 0 Å². The molecule has 0 rings (SSSR count). The van der Waals surface area contributed by atoms with Crippen molar-refractivity contribution < 1.29 is 4.74 Å². The Morgan fingerprint density at radius 1 is 1.35 bits per heavy atom. The average molecular weight is 312 g/mol. The lowest BCUT2D eigenvalue weighted by molar-refractivity contribution is 0.0324. The Labute approximate surface area is 125 Å². The monoisotopic (exact) mass is 312 g/mol. The molecule has 0 aromatic carbocycles. The van der Waals surface area contributed by atoms with Crippen LogP contribution in [-0.4, -0.2) is 42.0 Å². The normalized spacial score (nSPS) is 15.7. The fraction of sp³-hybridized carbons (Fsp3) is 0.600. The van der Waals surface area contributed by atoms with Crippen molar-refractivity contribution in [3.8, 4) is 6.07 Å². The second kappa shape index (κ2) is 7.82. The topological polar surface area (TPSA) is 45.4 Å².